The van der Waals surface area contributed by atoms with Gasteiger partial charge in [0.15, 0.2) is 0 Å². The van der Waals surface area contributed by atoms with Crippen LogP contribution in [-0.2, 0) is 4.79 Å². The number of aromatic nitrogens is 4. The van der Waals surface area contributed by atoms with E-state index in [9.17, 15) is 4.79 Å². The van der Waals surface area contributed by atoms with Crippen LogP contribution in [0.5, 0.6) is 0 Å². The van der Waals surface area contributed by atoms with Crippen molar-refractivity contribution in [2.45, 2.75) is 12.3 Å². The number of fused-ring (bicyclic) bond motifs is 1. The average molecular weight is 331 g/mol. The first-order chi connectivity index (χ1) is 12.3. The lowest BCUT2D eigenvalue weighted by Gasteiger charge is -2.14. The smallest absolute Gasteiger partial charge is 0.227 e. The fraction of sp³-hybridized carbons (Fsp3) is 0.105. The number of rotatable bonds is 5. The second kappa shape index (κ2) is 6.60. The quantitative estimate of drug-likeness (QED) is 0.523. The third-order valence-corrected chi connectivity index (χ3v) is 4.09. The van der Waals surface area contributed by atoms with Gasteiger partial charge in [0.2, 0.25) is 11.9 Å². The van der Waals surface area contributed by atoms with Crippen molar-refractivity contribution in [3.05, 3.63) is 78.4 Å². The van der Waals surface area contributed by atoms with Gasteiger partial charge in [0, 0.05) is 18.8 Å². The van der Waals surface area contributed by atoms with Gasteiger partial charge in [-0.1, -0.05) is 42.5 Å². The Morgan fingerprint density at radius 3 is 2.64 bits per heavy atom. The van der Waals surface area contributed by atoms with Crippen LogP contribution in [0.1, 0.15) is 23.7 Å². The zero-order valence-corrected chi connectivity index (χ0v) is 13.4. The van der Waals surface area contributed by atoms with Crippen molar-refractivity contribution in [1.29, 1.82) is 0 Å². The molecule has 2 heterocycles. The van der Waals surface area contributed by atoms with E-state index in [1.165, 1.54) is 0 Å². The highest BCUT2D eigenvalue weighted by Crippen LogP contribution is 2.25. The van der Waals surface area contributed by atoms with E-state index in [0.717, 1.165) is 22.4 Å². The van der Waals surface area contributed by atoms with Gasteiger partial charge < -0.3 is 9.97 Å². The second-order valence-electron chi connectivity index (χ2n) is 5.79. The highest BCUT2D eigenvalue weighted by Gasteiger charge is 2.21. The highest BCUT2D eigenvalue weighted by molar-refractivity contribution is 5.91. The van der Waals surface area contributed by atoms with Gasteiger partial charge in [-0.25, -0.2) is 9.97 Å². The lowest BCUT2D eigenvalue weighted by atomic mass is 9.94. The molecule has 0 saturated heterocycles. The van der Waals surface area contributed by atoms with E-state index in [1.54, 1.807) is 12.4 Å². The number of aromatic amines is 2. The molecule has 4 aromatic rings. The first-order valence-corrected chi connectivity index (χ1v) is 8.08. The van der Waals surface area contributed by atoms with Gasteiger partial charge in [-0.05, 0) is 17.7 Å². The third-order valence-electron chi connectivity index (χ3n) is 4.09. The Morgan fingerprint density at radius 1 is 1.08 bits per heavy atom. The molecule has 2 aromatic carbocycles. The number of benzene rings is 2. The molecule has 3 N–H and O–H groups in total. The summed E-state index contributed by atoms with van der Waals surface area (Å²) in [5, 5.41) is 2.85. The van der Waals surface area contributed by atoms with Crippen molar-refractivity contribution in [3.63, 3.8) is 0 Å². The number of nitrogens with zero attached hydrogens (tertiary/aromatic N) is 2. The van der Waals surface area contributed by atoms with E-state index < -0.39 is 0 Å². The molecule has 6 nitrogen and oxygen atoms in total. The molecule has 2 aromatic heterocycles. The van der Waals surface area contributed by atoms with E-state index in [0.29, 0.717) is 5.95 Å². The SMILES string of the molecule is O=C(C[C@H](c1ccccc1)c1ncc[nH]1)Nc1nc2ccccc2[nH]1. The van der Waals surface area contributed by atoms with Crippen molar-refractivity contribution < 1.29 is 4.79 Å². The van der Waals surface area contributed by atoms with E-state index in [2.05, 4.69) is 25.3 Å². The molecule has 0 radical (unpaired) electrons. The highest BCUT2D eigenvalue weighted by atomic mass is 16.1. The number of imidazole rings is 2. The summed E-state index contributed by atoms with van der Waals surface area (Å²) >= 11 is 0. The Hall–Kier alpha value is -3.41. The topological polar surface area (TPSA) is 86.5 Å². The normalized spacial score (nSPS) is 12.2. The predicted octanol–water partition coefficient (Wildman–Crippen LogP) is 3.45. The van der Waals surface area contributed by atoms with E-state index in [-0.39, 0.29) is 18.2 Å². The molecule has 6 heteroatoms. The second-order valence-corrected chi connectivity index (χ2v) is 5.79. The Morgan fingerprint density at radius 2 is 1.88 bits per heavy atom. The van der Waals surface area contributed by atoms with Crippen LogP contribution in [0.3, 0.4) is 0 Å². The van der Waals surface area contributed by atoms with E-state index in [4.69, 9.17) is 0 Å². The van der Waals surface area contributed by atoms with Crippen LogP contribution in [-0.4, -0.2) is 25.8 Å². The molecule has 0 unspecified atom stereocenters. The number of para-hydroxylation sites is 2. The van der Waals surface area contributed by atoms with Gasteiger partial charge in [0.05, 0.1) is 17.0 Å². The number of carbonyl (C=O) groups excluding carboxylic acids is 1. The van der Waals surface area contributed by atoms with Crippen molar-refractivity contribution in [2.75, 3.05) is 5.32 Å². The Bertz CT molecular complexity index is 942. The van der Waals surface area contributed by atoms with Crippen molar-refractivity contribution in [3.8, 4) is 0 Å². The zero-order valence-electron chi connectivity index (χ0n) is 13.4. The molecule has 1 atom stereocenters. The molecular weight excluding hydrogens is 314 g/mol. The molecule has 0 fully saturated rings. The van der Waals surface area contributed by atoms with Gasteiger partial charge >= 0.3 is 0 Å². The van der Waals surface area contributed by atoms with Crippen LogP contribution in [0.15, 0.2) is 67.0 Å². The maximum absolute atomic E-state index is 12.6. The number of hydrogen-bond acceptors (Lipinski definition) is 3. The predicted molar refractivity (Wildman–Crippen MR) is 96.2 cm³/mol. The molecular formula is C19H17N5O. The molecule has 0 saturated carbocycles. The maximum atomic E-state index is 12.6. The summed E-state index contributed by atoms with van der Waals surface area (Å²) in [6.07, 6.45) is 3.74. The van der Waals surface area contributed by atoms with Crippen molar-refractivity contribution >= 4 is 22.9 Å². The van der Waals surface area contributed by atoms with Crippen LogP contribution in [0.2, 0.25) is 0 Å². The lowest BCUT2D eigenvalue weighted by molar-refractivity contribution is -0.116. The van der Waals surface area contributed by atoms with Gasteiger partial charge in [0.25, 0.3) is 0 Å². The minimum atomic E-state index is -0.138. The molecule has 0 spiro atoms. The molecule has 25 heavy (non-hydrogen) atoms. The lowest BCUT2D eigenvalue weighted by Crippen LogP contribution is -2.18. The Kier molecular flexibility index (Phi) is 4.00. The van der Waals surface area contributed by atoms with Crippen LogP contribution < -0.4 is 5.32 Å². The first-order valence-electron chi connectivity index (χ1n) is 8.08. The molecule has 1 amide bonds. The third kappa shape index (κ3) is 3.28. The average Bonchev–Trinajstić information content (AvgIpc) is 3.29. The van der Waals surface area contributed by atoms with Crippen molar-refractivity contribution in [1.82, 2.24) is 19.9 Å². The number of H-pyrrole nitrogens is 2. The van der Waals surface area contributed by atoms with E-state index in [1.807, 2.05) is 54.6 Å². The summed E-state index contributed by atoms with van der Waals surface area (Å²) in [7, 11) is 0. The largest absolute Gasteiger partial charge is 0.348 e. The Balaban J connectivity index is 1.54. The zero-order chi connectivity index (χ0) is 17.1. The molecule has 4 rings (SSSR count). The van der Waals surface area contributed by atoms with Crippen LogP contribution in [0.25, 0.3) is 11.0 Å². The van der Waals surface area contributed by atoms with Gasteiger partial charge in [0.1, 0.15) is 5.82 Å². The van der Waals surface area contributed by atoms with Crippen molar-refractivity contribution in [2.24, 2.45) is 0 Å². The summed E-state index contributed by atoms with van der Waals surface area (Å²) in [5.74, 6) is 0.966. The number of nitrogens with one attached hydrogen (secondary N) is 3. The molecule has 0 bridgehead atoms. The van der Waals surface area contributed by atoms with Crippen LogP contribution in [0.4, 0.5) is 5.95 Å². The van der Waals surface area contributed by atoms with Crippen LogP contribution in [0, 0.1) is 0 Å². The van der Waals surface area contributed by atoms with Crippen LogP contribution >= 0.6 is 0 Å². The summed E-state index contributed by atoms with van der Waals surface area (Å²) in [5.41, 5.74) is 2.75. The summed E-state index contributed by atoms with van der Waals surface area (Å²) in [6.45, 7) is 0. The monoisotopic (exact) mass is 331 g/mol. The van der Waals surface area contributed by atoms with Gasteiger partial charge in [-0.3, -0.25) is 10.1 Å². The summed E-state index contributed by atoms with van der Waals surface area (Å²) < 4.78 is 0. The molecule has 0 aliphatic rings. The number of amides is 1. The first kappa shape index (κ1) is 15.1. The van der Waals surface area contributed by atoms with Gasteiger partial charge in [-0.15, -0.1) is 0 Å². The number of hydrogen-bond donors (Lipinski definition) is 3. The maximum Gasteiger partial charge on any atom is 0.227 e. The molecule has 124 valence electrons. The molecule has 0 aliphatic heterocycles. The minimum Gasteiger partial charge on any atom is -0.348 e. The minimum absolute atomic E-state index is 0.121. The fourth-order valence-electron chi connectivity index (χ4n) is 2.91. The number of carbonyl (C=O) groups is 1. The molecule has 0 aliphatic carbocycles. The number of anilines is 1. The fourth-order valence-corrected chi connectivity index (χ4v) is 2.91. The summed E-state index contributed by atoms with van der Waals surface area (Å²) in [4.78, 5) is 27.5. The Labute approximate surface area is 144 Å². The standard InChI is InChI=1S/C19H17N5O/c25-17(24-19-22-15-8-4-5-9-16(15)23-19)12-14(18-20-10-11-21-18)13-6-2-1-3-7-13/h1-11,14H,12H2,(H,20,21)(H2,22,23,24,25)/t14-/m1/s1. The summed E-state index contributed by atoms with van der Waals surface area (Å²) in [6, 6.07) is 17.5. The van der Waals surface area contributed by atoms with Gasteiger partial charge in [-0.2, -0.15) is 0 Å². The van der Waals surface area contributed by atoms with E-state index >= 15 is 0 Å².